The lowest BCUT2D eigenvalue weighted by molar-refractivity contribution is 0.0951. The quantitative estimate of drug-likeness (QED) is 0.736. The molecule has 0 unspecified atom stereocenters. The van der Waals surface area contributed by atoms with Crippen molar-refractivity contribution in [2.24, 2.45) is 0 Å². The molecule has 0 bridgehead atoms. The molecule has 0 aromatic heterocycles. The summed E-state index contributed by atoms with van der Waals surface area (Å²) in [7, 11) is 6.35. The molecule has 136 valence electrons. The van der Waals surface area contributed by atoms with Crippen LogP contribution in [-0.2, 0) is 14.7 Å². The molecule has 0 saturated heterocycles. The molecule has 1 N–H and O–H groups in total. The molecule has 2 aromatic carbocycles. The number of rotatable bonds is 5. The minimum Gasteiger partial charge on any atom is -0.496 e. The highest BCUT2D eigenvalue weighted by molar-refractivity contribution is 8.31. The first-order valence-electron chi connectivity index (χ1n) is 7.00. The molecule has 0 aliphatic rings. The average Bonchev–Trinajstić information content (AvgIpc) is 2.54. The number of ether oxygens (including phenoxy) is 1. The first-order valence-corrected chi connectivity index (χ1v) is 10.5. The Morgan fingerprint density at radius 1 is 1.12 bits per heavy atom. The maximum atomic E-state index is 12.1. The van der Waals surface area contributed by atoms with Crippen LogP contribution in [-0.4, -0.2) is 28.0 Å². The van der Waals surface area contributed by atoms with Crippen molar-refractivity contribution in [3.63, 3.8) is 0 Å². The Kier molecular flexibility index (Phi) is 9.06. The van der Waals surface area contributed by atoms with Crippen molar-refractivity contribution in [2.75, 3.05) is 13.7 Å². The van der Waals surface area contributed by atoms with Crippen LogP contribution in [0.2, 0.25) is 5.02 Å². The lowest BCUT2D eigenvalue weighted by atomic mass is 10.1. The minimum absolute atomic E-state index is 0.180. The van der Waals surface area contributed by atoms with Gasteiger partial charge in [-0.3, -0.25) is 4.79 Å². The Bertz CT molecular complexity index is 790. The van der Waals surface area contributed by atoms with Crippen LogP contribution in [0.4, 0.5) is 0 Å². The summed E-state index contributed by atoms with van der Waals surface area (Å²) in [4.78, 5) is 12.1. The second kappa shape index (κ2) is 10.5. The molecule has 0 fully saturated rings. The van der Waals surface area contributed by atoms with Crippen molar-refractivity contribution in [1.29, 1.82) is 0 Å². The van der Waals surface area contributed by atoms with E-state index in [1.54, 1.807) is 18.2 Å². The predicted octanol–water partition coefficient (Wildman–Crippen LogP) is 4.03. The predicted molar refractivity (Wildman–Crippen MR) is 101 cm³/mol. The Morgan fingerprint density at radius 2 is 1.72 bits per heavy atom. The van der Waals surface area contributed by atoms with Crippen LogP contribution in [0.3, 0.4) is 0 Å². The Labute approximate surface area is 160 Å². The van der Waals surface area contributed by atoms with Crippen LogP contribution in [0, 0.1) is 0 Å². The molecular weight excluding hydrogens is 409 g/mol. The van der Waals surface area contributed by atoms with E-state index in [1.807, 2.05) is 30.3 Å². The van der Waals surface area contributed by atoms with Gasteiger partial charge in [-0.15, -0.1) is 0 Å². The van der Waals surface area contributed by atoms with Crippen molar-refractivity contribution in [3.8, 4) is 5.75 Å². The van der Waals surface area contributed by atoms with Gasteiger partial charge in [-0.1, -0.05) is 41.9 Å². The average molecular weight is 425 g/mol. The maximum absolute atomic E-state index is 12.1. The maximum Gasteiger partial charge on any atom is 0.317 e. The summed E-state index contributed by atoms with van der Waals surface area (Å²) in [6, 6.07) is 15.0. The zero-order valence-electron chi connectivity index (χ0n) is 13.2. The van der Waals surface area contributed by atoms with Gasteiger partial charge in [-0.05, 0) is 30.2 Å². The summed E-state index contributed by atoms with van der Waals surface area (Å²) in [6.07, 6.45) is 0.787. The Morgan fingerprint density at radius 3 is 2.28 bits per heavy atom. The Balaban J connectivity index is 0.000000550. The van der Waals surface area contributed by atoms with E-state index >= 15 is 0 Å². The molecule has 1 amide bonds. The van der Waals surface area contributed by atoms with Gasteiger partial charge in [0.25, 0.3) is 5.91 Å². The van der Waals surface area contributed by atoms with Gasteiger partial charge in [0.2, 0.25) is 0 Å². The van der Waals surface area contributed by atoms with Gasteiger partial charge in [-0.2, -0.15) is 8.42 Å². The molecule has 0 saturated carbocycles. The Hall–Kier alpha value is -1.47. The van der Waals surface area contributed by atoms with Crippen molar-refractivity contribution >= 4 is 47.1 Å². The fourth-order valence-electron chi connectivity index (χ4n) is 1.92. The minimum atomic E-state index is -3.72. The number of hydrogen-bond donors (Lipinski definition) is 1. The van der Waals surface area contributed by atoms with E-state index in [-0.39, 0.29) is 5.91 Å². The number of halogens is 3. The van der Waals surface area contributed by atoms with E-state index in [0.29, 0.717) is 22.9 Å². The fraction of sp³-hybridized carbons (Fsp3) is 0.188. The third-order valence-corrected chi connectivity index (χ3v) is 3.18. The molecule has 9 heteroatoms. The van der Waals surface area contributed by atoms with E-state index < -0.39 is 8.26 Å². The van der Waals surface area contributed by atoms with E-state index in [0.717, 1.165) is 6.42 Å². The number of carbonyl (C=O) groups is 1. The first kappa shape index (κ1) is 21.6. The third-order valence-electron chi connectivity index (χ3n) is 2.95. The monoisotopic (exact) mass is 423 g/mol. The molecule has 0 atom stereocenters. The van der Waals surface area contributed by atoms with Crippen LogP contribution in [0.5, 0.6) is 5.75 Å². The van der Waals surface area contributed by atoms with Gasteiger partial charge in [0.15, 0.2) is 0 Å². The SMILES string of the molecule is COc1ccc(Cl)cc1C(=O)NCCc1ccccc1.O=S(=O)(Cl)Cl. The lowest BCUT2D eigenvalue weighted by Crippen LogP contribution is -2.26. The van der Waals surface area contributed by atoms with Gasteiger partial charge in [-0.25, -0.2) is 0 Å². The van der Waals surface area contributed by atoms with E-state index in [1.165, 1.54) is 12.7 Å². The number of methoxy groups -OCH3 is 1. The van der Waals surface area contributed by atoms with Crippen molar-refractivity contribution in [1.82, 2.24) is 5.32 Å². The van der Waals surface area contributed by atoms with Crippen LogP contribution >= 0.6 is 33.0 Å². The molecule has 0 heterocycles. The fourth-order valence-corrected chi connectivity index (χ4v) is 2.09. The van der Waals surface area contributed by atoms with Gasteiger partial charge in [0.05, 0.1) is 12.7 Å². The molecular formula is C16H16Cl3NO4S. The van der Waals surface area contributed by atoms with Crippen molar-refractivity contribution in [2.45, 2.75) is 6.42 Å². The van der Waals surface area contributed by atoms with Crippen LogP contribution in [0.1, 0.15) is 15.9 Å². The zero-order valence-corrected chi connectivity index (χ0v) is 16.3. The number of benzene rings is 2. The van der Waals surface area contributed by atoms with Gasteiger partial charge >= 0.3 is 8.26 Å². The molecule has 0 aliphatic carbocycles. The van der Waals surface area contributed by atoms with E-state index in [9.17, 15) is 4.79 Å². The third kappa shape index (κ3) is 9.55. The first-order chi connectivity index (χ1) is 11.7. The molecule has 25 heavy (non-hydrogen) atoms. The second-order valence-corrected chi connectivity index (χ2v) is 8.82. The van der Waals surface area contributed by atoms with Crippen LogP contribution in [0.25, 0.3) is 0 Å². The van der Waals surface area contributed by atoms with Crippen molar-refractivity contribution in [3.05, 3.63) is 64.7 Å². The topological polar surface area (TPSA) is 72.5 Å². The summed E-state index contributed by atoms with van der Waals surface area (Å²) in [5.74, 6) is 0.340. The number of hydrogen-bond acceptors (Lipinski definition) is 4. The highest BCUT2D eigenvalue weighted by Crippen LogP contribution is 2.22. The summed E-state index contributed by atoms with van der Waals surface area (Å²) in [5, 5.41) is 3.38. The summed E-state index contributed by atoms with van der Waals surface area (Å²) in [6.45, 7) is 0.568. The zero-order chi connectivity index (χ0) is 18.9. The summed E-state index contributed by atoms with van der Waals surface area (Å²) < 4.78 is 23.5. The highest BCUT2D eigenvalue weighted by Gasteiger charge is 2.12. The van der Waals surface area contributed by atoms with Gasteiger partial charge in [0.1, 0.15) is 5.75 Å². The van der Waals surface area contributed by atoms with Gasteiger partial charge < -0.3 is 10.1 Å². The standard InChI is InChI=1S/C16H16ClNO2.Cl2O2S/c1-20-15-8-7-13(17)11-14(15)16(19)18-10-9-12-5-3-2-4-6-12;1-5(2,3)4/h2-8,11H,9-10H2,1H3,(H,18,19);. The molecule has 0 aliphatic heterocycles. The van der Waals surface area contributed by atoms with E-state index in [2.05, 4.69) is 26.7 Å². The largest absolute Gasteiger partial charge is 0.496 e. The number of amides is 1. The molecule has 0 spiro atoms. The van der Waals surface area contributed by atoms with Gasteiger partial charge in [0, 0.05) is 32.9 Å². The normalized spacial score (nSPS) is 10.4. The second-order valence-electron chi connectivity index (χ2n) is 4.71. The smallest absolute Gasteiger partial charge is 0.317 e. The lowest BCUT2D eigenvalue weighted by Gasteiger charge is -2.09. The molecule has 2 aromatic rings. The molecule has 5 nitrogen and oxygen atoms in total. The van der Waals surface area contributed by atoms with Crippen LogP contribution in [0.15, 0.2) is 48.5 Å². The molecule has 2 rings (SSSR count). The number of carbonyl (C=O) groups excluding carboxylic acids is 1. The summed E-state index contributed by atoms with van der Waals surface area (Å²) >= 11 is 5.91. The molecule has 0 radical (unpaired) electrons. The van der Waals surface area contributed by atoms with E-state index in [4.69, 9.17) is 24.8 Å². The van der Waals surface area contributed by atoms with Crippen LogP contribution < -0.4 is 10.1 Å². The highest BCUT2D eigenvalue weighted by atomic mass is 36.0. The summed E-state index contributed by atoms with van der Waals surface area (Å²) in [5.41, 5.74) is 1.64. The number of nitrogens with one attached hydrogen (secondary N) is 1. The van der Waals surface area contributed by atoms with Crippen molar-refractivity contribution < 1.29 is 17.9 Å².